The molecular formula is C36H64N2O6. The van der Waals surface area contributed by atoms with Crippen LogP contribution in [-0.2, 0) is 23.9 Å². The fourth-order valence-electron chi connectivity index (χ4n) is 6.39. The number of unbranched alkanes of at least 4 members (excludes halogenated alkanes) is 11. The molecule has 0 aromatic carbocycles. The number of carboxylic acids is 1. The number of hydrogen-bond donors (Lipinski definition) is 2. The van der Waals surface area contributed by atoms with Gasteiger partial charge < -0.3 is 24.8 Å². The van der Waals surface area contributed by atoms with Crippen LogP contribution in [0.2, 0.25) is 0 Å². The lowest BCUT2D eigenvalue weighted by molar-refractivity contribution is -0.306. The van der Waals surface area contributed by atoms with Crippen LogP contribution in [0.5, 0.6) is 0 Å². The third-order valence-corrected chi connectivity index (χ3v) is 9.12. The molecule has 0 radical (unpaired) electrons. The summed E-state index contributed by atoms with van der Waals surface area (Å²) in [5, 5.41) is 12.7. The molecule has 1 heterocycles. The summed E-state index contributed by atoms with van der Waals surface area (Å²) in [6.07, 6.45) is 23.5. The molecular weight excluding hydrogens is 556 g/mol. The van der Waals surface area contributed by atoms with Crippen LogP contribution in [0.4, 0.5) is 0 Å². The van der Waals surface area contributed by atoms with E-state index in [1.807, 2.05) is 13.8 Å². The van der Waals surface area contributed by atoms with Crippen molar-refractivity contribution in [2.45, 2.75) is 181 Å². The summed E-state index contributed by atoms with van der Waals surface area (Å²) >= 11 is 0. The van der Waals surface area contributed by atoms with E-state index in [0.717, 1.165) is 51.4 Å². The molecule has 1 aliphatic carbocycles. The number of allylic oxidation sites excluding steroid dienone is 2. The minimum absolute atomic E-state index is 0.0222. The molecule has 8 heteroatoms. The maximum absolute atomic E-state index is 14.0. The minimum atomic E-state index is -0.948. The molecule has 0 spiro atoms. The highest BCUT2D eigenvalue weighted by Gasteiger charge is 2.48. The van der Waals surface area contributed by atoms with Gasteiger partial charge in [-0.25, -0.2) is 0 Å². The monoisotopic (exact) mass is 620 g/mol. The second-order valence-electron chi connectivity index (χ2n) is 14.2. The van der Waals surface area contributed by atoms with E-state index < -0.39 is 23.3 Å². The van der Waals surface area contributed by atoms with Crippen molar-refractivity contribution in [1.29, 1.82) is 0 Å². The lowest BCUT2D eigenvalue weighted by Crippen LogP contribution is -2.62. The van der Waals surface area contributed by atoms with Gasteiger partial charge in [0.15, 0.2) is 5.79 Å². The van der Waals surface area contributed by atoms with Crippen molar-refractivity contribution in [1.82, 2.24) is 10.2 Å². The molecule has 0 bridgehead atoms. The van der Waals surface area contributed by atoms with Crippen LogP contribution >= 0.6 is 0 Å². The van der Waals surface area contributed by atoms with Gasteiger partial charge in [-0.3, -0.25) is 14.4 Å². The molecule has 254 valence electrons. The molecule has 2 rings (SSSR count). The SMILES string of the molecule is CCCCCCCCC=CCCCCCCCC(=O)N[C@@H]1CCCC[C@H]1N(CCC(=O)O)C(=O)C1OC(C)(C)OCC1(C)C. The number of nitrogens with zero attached hydrogens (tertiary/aromatic N) is 1. The van der Waals surface area contributed by atoms with E-state index in [1.165, 1.54) is 57.8 Å². The fraction of sp³-hybridized carbons (Fsp3) is 0.861. The summed E-state index contributed by atoms with van der Waals surface area (Å²) in [6, 6.07) is -0.438. The van der Waals surface area contributed by atoms with Crippen molar-refractivity contribution < 1.29 is 29.0 Å². The van der Waals surface area contributed by atoms with Crippen LogP contribution < -0.4 is 5.32 Å². The Morgan fingerprint density at radius 1 is 0.841 bits per heavy atom. The number of ether oxygens (including phenoxy) is 2. The zero-order chi connectivity index (χ0) is 32.4. The number of aliphatic carboxylic acids is 1. The number of carbonyl (C=O) groups excluding carboxylic acids is 2. The third-order valence-electron chi connectivity index (χ3n) is 9.12. The third kappa shape index (κ3) is 14.4. The van der Waals surface area contributed by atoms with Gasteiger partial charge in [-0.05, 0) is 58.8 Å². The first-order valence-corrected chi connectivity index (χ1v) is 17.8. The maximum atomic E-state index is 14.0. The number of amides is 2. The summed E-state index contributed by atoms with van der Waals surface area (Å²) < 4.78 is 11.9. The van der Waals surface area contributed by atoms with E-state index in [-0.39, 0.29) is 36.9 Å². The highest BCUT2D eigenvalue weighted by Crippen LogP contribution is 2.37. The number of hydrogen-bond acceptors (Lipinski definition) is 5. The number of carbonyl (C=O) groups is 3. The molecule has 2 fully saturated rings. The second kappa shape index (κ2) is 20.2. The van der Waals surface area contributed by atoms with Crippen molar-refractivity contribution in [2.24, 2.45) is 5.41 Å². The Bertz CT molecular complexity index is 886. The van der Waals surface area contributed by atoms with Crippen LogP contribution in [0.3, 0.4) is 0 Å². The van der Waals surface area contributed by atoms with Gasteiger partial charge in [-0.1, -0.05) is 97.1 Å². The van der Waals surface area contributed by atoms with Gasteiger partial charge in [0.2, 0.25) is 5.91 Å². The molecule has 2 N–H and O–H groups in total. The largest absolute Gasteiger partial charge is 0.481 e. The van der Waals surface area contributed by atoms with Crippen LogP contribution in [-0.4, -0.2) is 64.9 Å². The molecule has 8 nitrogen and oxygen atoms in total. The van der Waals surface area contributed by atoms with Crippen molar-refractivity contribution in [3.05, 3.63) is 12.2 Å². The highest BCUT2D eigenvalue weighted by atomic mass is 16.7. The van der Waals surface area contributed by atoms with Crippen LogP contribution in [0.15, 0.2) is 12.2 Å². The Balaban J connectivity index is 1.78. The first-order chi connectivity index (χ1) is 21.0. The van der Waals surface area contributed by atoms with E-state index in [0.29, 0.717) is 13.0 Å². The molecule has 2 amide bonds. The standard InChI is InChI=1S/C36H64N2O6/c1-6-7-8-9-10-11-12-13-14-15-16-17-18-19-20-25-31(39)37-29-23-21-22-24-30(29)38(27-26-32(40)41)34(42)33-35(2,3)28-43-36(4,5)44-33/h13-14,29-30,33H,6-12,15-28H2,1-5H3,(H,37,39)(H,40,41)/t29-,30-,33?/m1/s1. The Morgan fingerprint density at radius 3 is 2.07 bits per heavy atom. The summed E-state index contributed by atoms with van der Waals surface area (Å²) in [4.78, 5) is 40.2. The fourth-order valence-corrected chi connectivity index (χ4v) is 6.39. The molecule has 0 aromatic heterocycles. The topological polar surface area (TPSA) is 105 Å². The number of rotatable bonds is 21. The van der Waals surface area contributed by atoms with Crippen molar-refractivity contribution >= 4 is 17.8 Å². The van der Waals surface area contributed by atoms with Gasteiger partial charge in [-0.2, -0.15) is 0 Å². The zero-order valence-electron chi connectivity index (χ0n) is 28.7. The van der Waals surface area contributed by atoms with Gasteiger partial charge in [0, 0.05) is 24.4 Å². The Hall–Kier alpha value is -1.93. The Labute approximate surface area is 268 Å². The van der Waals surface area contributed by atoms with E-state index in [9.17, 15) is 19.5 Å². The molecule has 1 unspecified atom stereocenters. The highest BCUT2D eigenvalue weighted by molar-refractivity contribution is 5.83. The normalized spacial score (nSPS) is 23.0. The predicted molar refractivity (Wildman–Crippen MR) is 176 cm³/mol. The van der Waals surface area contributed by atoms with Crippen molar-refractivity contribution in [3.8, 4) is 0 Å². The summed E-state index contributed by atoms with van der Waals surface area (Å²) in [6.45, 7) is 10.2. The Morgan fingerprint density at radius 2 is 1.43 bits per heavy atom. The molecule has 1 saturated heterocycles. The lowest BCUT2D eigenvalue weighted by Gasteiger charge is -2.48. The molecule has 0 aromatic rings. The summed E-state index contributed by atoms with van der Waals surface area (Å²) in [5.74, 6) is -2.04. The second-order valence-corrected chi connectivity index (χ2v) is 14.2. The predicted octanol–water partition coefficient (Wildman–Crippen LogP) is 7.93. The first-order valence-electron chi connectivity index (χ1n) is 17.8. The van der Waals surface area contributed by atoms with Crippen LogP contribution in [0, 0.1) is 5.41 Å². The molecule has 1 aliphatic heterocycles. The van der Waals surface area contributed by atoms with Crippen molar-refractivity contribution in [2.75, 3.05) is 13.2 Å². The summed E-state index contributed by atoms with van der Waals surface area (Å²) in [5.41, 5.74) is -0.564. The van der Waals surface area contributed by atoms with Crippen LogP contribution in [0.1, 0.15) is 157 Å². The van der Waals surface area contributed by atoms with Gasteiger partial charge in [-0.15, -0.1) is 0 Å². The number of carboxylic acid groups (broad SMARTS) is 1. The average molecular weight is 621 g/mol. The summed E-state index contributed by atoms with van der Waals surface area (Å²) in [7, 11) is 0. The number of nitrogens with one attached hydrogen (secondary N) is 1. The zero-order valence-corrected chi connectivity index (χ0v) is 28.7. The molecule has 2 aliphatic rings. The Kier molecular flexibility index (Phi) is 17.6. The molecule has 1 saturated carbocycles. The van der Waals surface area contributed by atoms with Gasteiger partial charge in [0.25, 0.3) is 5.91 Å². The minimum Gasteiger partial charge on any atom is -0.481 e. The molecule has 44 heavy (non-hydrogen) atoms. The van der Waals surface area contributed by atoms with Crippen LogP contribution in [0.25, 0.3) is 0 Å². The lowest BCUT2D eigenvalue weighted by atomic mass is 9.83. The quantitative estimate of drug-likeness (QED) is 0.0997. The van der Waals surface area contributed by atoms with Crippen molar-refractivity contribution in [3.63, 3.8) is 0 Å². The van der Waals surface area contributed by atoms with E-state index in [4.69, 9.17) is 9.47 Å². The van der Waals surface area contributed by atoms with Gasteiger partial charge in [0.05, 0.1) is 19.1 Å². The van der Waals surface area contributed by atoms with E-state index >= 15 is 0 Å². The average Bonchev–Trinajstić information content (AvgIpc) is 2.97. The van der Waals surface area contributed by atoms with Gasteiger partial charge >= 0.3 is 5.97 Å². The van der Waals surface area contributed by atoms with E-state index in [1.54, 1.807) is 18.7 Å². The maximum Gasteiger partial charge on any atom is 0.305 e. The van der Waals surface area contributed by atoms with Gasteiger partial charge in [0.1, 0.15) is 6.10 Å². The molecule has 3 atom stereocenters. The first kappa shape index (κ1) is 38.3. The smallest absolute Gasteiger partial charge is 0.305 e. The van der Waals surface area contributed by atoms with E-state index in [2.05, 4.69) is 24.4 Å².